The van der Waals surface area contributed by atoms with Crippen LogP contribution in [-0.2, 0) is 13.7 Å². The number of nitrogens with one attached hydrogen (secondary N) is 1. The second-order valence-corrected chi connectivity index (χ2v) is 8.32. The van der Waals surface area contributed by atoms with Crippen molar-refractivity contribution < 1.29 is 18.7 Å². The first-order chi connectivity index (χ1) is 16.9. The summed E-state index contributed by atoms with van der Waals surface area (Å²) >= 11 is 6.47. The summed E-state index contributed by atoms with van der Waals surface area (Å²) in [6.07, 6.45) is 5.15. The van der Waals surface area contributed by atoms with Gasteiger partial charge in [-0.15, -0.1) is 5.10 Å². The molecule has 0 spiro atoms. The van der Waals surface area contributed by atoms with Gasteiger partial charge in [0.05, 0.1) is 17.7 Å². The van der Waals surface area contributed by atoms with E-state index < -0.39 is 5.82 Å². The smallest absolute Gasteiger partial charge is 0.240 e. The van der Waals surface area contributed by atoms with Crippen molar-refractivity contribution >= 4 is 28.4 Å². The van der Waals surface area contributed by atoms with E-state index in [0.717, 1.165) is 11.1 Å². The number of carbonyl (C=O) groups excluding carboxylic acids is 1. The van der Waals surface area contributed by atoms with Crippen LogP contribution in [0, 0.1) is 5.82 Å². The van der Waals surface area contributed by atoms with Crippen molar-refractivity contribution in [1.29, 1.82) is 0 Å². The van der Waals surface area contributed by atoms with Gasteiger partial charge in [0.25, 0.3) is 0 Å². The molecule has 0 fully saturated rings. The minimum Gasteiger partial charge on any atom is -0.486 e. The van der Waals surface area contributed by atoms with Crippen molar-refractivity contribution in [3.63, 3.8) is 0 Å². The summed E-state index contributed by atoms with van der Waals surface area (Å²) in [7, 11) is 3.35. The molecule has 0 bridgehead atoms. The number of halogens is 2. The Hall–Kier alpha value is -4.17. The molecule has 5 rings (SSSR count). The lowest BCUT2D eigenvalue weighted by Gasteiger charge is -2.09. The van der Waals surface area contributed by atoms with Gasteiger partial charge in [0, 0.05) is 47.7 Å². The van der Waals surface area contributed by atoms with Crippen LogP contribution in [0.1, 0.15) is 21.5 Å². The summed E-state index contributed by atoms with van der Waals surface area (Å²) < 4.78 is 26.3. The number of rotatable bonds is 7. The number of ketones is 1. The highest BCUT2D eigenvalue weighted by atomic mass is 35.5. The molecule has 9 heteroatoms. The number of H-pyrrole nitrogens is 1. The molecule has 0 amide bonds. The number of aromatic nitrogens is 4. The minimum atomic E-state index is -0.443. The van der Waals surface area contributed by atoms with Gasteiger partial charge < -0.3 is 14.5 Å². The Morgan fingerprint density at radius 3 is 2.77 bits per heavy atom. The number of fused-ring (bicyclic) bond motifs is 1. The van der Waals surface area contributed by atoms with Gasteiger partial charge in [-0.25, -0.2) is 9.37 Å². The van der Waals surface area contributed by atoms with Crippen molar-refractivity contribution in [3.8, 4) is 22.8 Å². The van der Waals surface area contributed by atoms with E-state index in [1.54, 1.807) is 67.6 Å². The minimum absolute atomic E-state index is 0.114. The highest BCUT2D eigenvalue weighted by Gasteiger charge is 2.20. The number of hydrogen-bond donors (Lipinski definition) is 1. The lowest BCUT2D eigenvalue weighted by Crippen LogP contribution is -2.03. The molecule has 176 valence electrons. The number of benzene rings is 2. The maximum Gasteiger partial charge on any atom is 0.240 e. The van der Waals surface area contributed by atoms with E-state index in [9.17, 15) is 9.18 Å². The lowest BCUT2D eigenvalue weighted by molar-refractivity contribution is 0.104. The number of hydrogen-bond acceptors (Lipinski definition) is 5. The van der Waals surface area contributed by atoms with Crippen LogP contribution in [0.4, 0.5) is 4.39 Å². The van der Waals surface area contributed by atoms with Crippen LogP contribution >= 0.6 is 11.6 Å². The third-order valence-electron chi connectivity index (χ3n) is 5.58. The Morgan fingerprint density at radius 1 is 1.17 bits per heavy atom. The van der Waals surface area contributed by atoms with Gasteiger partial charge in [-0.3, -0.25) is 9.48 Å². The van der Waals surface area contributed by atoms with E-state index in [-0.39, 0.29) is 23.2 Å². The molecule has 2 aromatic carbocycles. The Kier molecular flexibility index (Phi) is 5.96. The zero-order valence-electron chi connectivity index (χ0n) is 18.9. The van der Waals surface area contributed by atoms with Crippen molar-refractivity contribution in [2.24, 2.45) is 7.05 Å². The number of nitrogens with zero attached hydrogens (tertiary/aromatic N) is 3. The molecule has 0 radical (unpaired) electrons. The summed E-state index contributed by atoms with van der Waals surface area (Å²) in [5, 5.41) is 5.21. The molecule has 0 atom stereocenters. The molecular formula is C26H20ClFN4O3. The average Bonchev–Trinajstić information content (AvgIpc) is 3.46. The normalized spacial score (nSPS) is 11.1. The topological polar surface area (TPSA) is 82.0 Å². The fourth-order valence-electron chi connectivity index (χ4n) is 3.86. The summed E-state index contributed by atoms with van der Waals surface area (Å²) in [6, 6.07) is 13.1. The summed E-state index contributed by atoms with van der Waals surface area (Å²) in [6.45, 7) is 0.114. The van der Waals surface area contributed by atoms with E-state index in [4.69, 9.17) is 21.1 Å². The van der Waals surface area contributed by atoms with Gasteiger partial charge in [-0.1, -0.05) is 29.8 Å². The van der Waals surface area contributed by atoms with Crippen LogP contribution in [0.25, 0.3) is 22.2 Å². The first kappa shape index (κ1) is 22.6. The van der Waals surface area contributed by atoms with Crippen molar-refractivity contribution in [1.82, 2.24) is 19.7 Å². The van der Waals surface area contributed by atoms with Gasteiger partial charge in [0.15, 0.2) is 17.3 Å². The lowest BCUT2D eigenvalue weighted by atomic mass is 10.0. The molecule has 35 heavy (non-hydrogen) atoms. The van der Waals surface area contributed by atoms with Crippen LogP contribution in [0.3, 0.4) is 0 Å². The van der Waals surface area contributed by atoms with Gasteiger partial charge in [-0.2, -0.15) is 0 Å². The predicted octanol–water partition coefficient (Wildman–Crippen LogP) is 5.57. The molecule has 3 heterocycles. The molecular weight excluding hydrogens is 471 g/mol. The zero-order chi connectivity index (χ0) is 24.5. The maximum absolute atomic E-state index is 13.8. The summed E-state index contributed by atoms with van der Waals surface area (Å²) in [4.78, 5) is 20.9. The number of carbonyl (C=O) groups is 1. The zero-order valence-corrected chi connectivity index (χ0v) is 19.6. The second kappa shape index (κ2) is 9.23. The van der Waals surface area contributed by atoms with Gasteiger partial charge in [0.1, 0.15) is 12.3 Å². The summed E-state index contributed by atoms with van der Waals surface area (Å²) in [5.41, 5.74) is 3.59. The first-order valence-electron chi connectivity index (χ1n) is 10.7. The molecule has 7 nitrogen and oxygen atoms in total. The van der Waals surface area contributed by atoms with E-state index in [2.05, 4.69) is 15.1 Å². The summed E-state index contributed by atoms with van der Waals surface area (Å²) in [5.74, 6) is -0.0778. The number of aryl methyl sites for hydroxylation is 1. The molecule has 1 N–H and O–H groups in total. The number of aromatic amines is 1. The third-order valence-corrected chi connectivity index (χ3v) is 5.90. The third kappa shape index (κ3) is 4.36. The molecule has 3 aromatic heterocycles. The number of pyridine rings is 1. The SMILES string of the molecule is COc1nn(C)cc1-c1cnc2[nH]cc(C(=O)c3ccc(COc4ccccc4F)cc3Cl)c2c1. The first-order valence-corrected chi connectivity index (χ1v) is 11.1. The van der Waals surface area contributed by atoms with Crippen molar-refractivity contribution in [3.05, 3.63) is 94.7 Å². The number of para-hydroxylation sites is 1. The Morgan fingerprint density at radius 2 is 2.00 bits per heavy atom. The average molecular weight is 491 g/mol. The molecule has 0 aliphatic carbocycles. The highest BCUT2D eigenvalue weighted by molar-refractivity contribution is 6.35. The highest BCUT2D eigenvalue weighted by Crippen LogP contribution is 2.32. The van der Waals surface area contributed by atoms with Crippen LogP contribution in [-0.4, -0.2) is 32.6 Å². The molecule has 0 saturated heterocycles. The van der Waals surface area contributed by atoms with E-state index in [1.165, 1.54) is 6.07 Å². The van der Waals surface area contributed by atoms with Crippen LogP contribution < -0.4 is 9.47 Å². The van der Waals surface area contributed by atoms with Crippen molar-refractivity contribution in [2.75, 3.05) is 7.11 Å². The van der Waals surface area contributed by atoms with E-state index in [0.29, 0.717) is 33.6 Å². The Bertz CT molecular complexity index is 1560. The van der Waals surface area contributed by atoms with Crippen molar-refractivity contribution in [2.45, 2.75) is 6.61 Å². The van der Waals surface area contributed by atoms with Crippen LogP contribution in [0.2, 0.25) is 5.02 Å². The van der Waals surface area contributed by atoms with Crippen LogP contribution in [0.5, 0.6) is 11.6 Å². The van der Waals surface area contributed by atoms with E-state index >= 15 is 0 Å². The largest absolute Gasteiger partial charge is 0.486 e. The molecule has 5 aromatic rings. The fourth-order valence-corrected chi connectivity index (χ4v) is 4.14. The molecule has 0 saturated carbocycles. The van der Waals surface area contributed by atoms with E-state index in [1.807, 2.05) is 12.3 Å². The van der Waals surface area contributed by atoms with Crippen LogP contribution in [0.15, 0.2) is 67.1 Å². The van der Waals surface area contributed by atoms with Gasteiger partial charge in [0.2, 0.25) is 5.88 Å². The fraction of sp³-hybridized carbons (Fsp3) is 0.115. The predicted molar refractivity (Wildman–Crippen MR) is 130 cm³/mol. The standard InChI is InChI=1S/C26H20ClFN4O3/c1-32-13-20(26(31-32)34-2)16-10-18-19(12-30-25(18)29-11-16)24(33)17-8-7-15(9-21(17)27)14-35-23-6-4-3-5-22(23)28/h3-13H,14H2,1-2H3,(H,29,30). The maximum atomic E-state index is 13.8. The molecule has 0 aliphatic heterocycles. The second-order valence-electron chi connectivity index (χ2n) is 7.91. The Labute approximate surface area is 205 Å². The van der Waals surface area contributed by atoms with Gasteiger partial charge >= 0.3 is 0 Å². The monoisotopic (exact) mass is 490 g/mol. The molecule has 0 unspecified atom stereocenters. The molecule has 0 aliphatic rings. The number of ether oxygens (including phenoxy) is 2. The quantitative estimate of drug-likeness (QED) is 0.301. The van der Waals surface area contributed by atoms with Gasteiger partial charge in [-0.05, 0) is 35.9 Å². The number of methoxy groups -OCH3 is 1. The Balaban J connectivity index is 1.43.